The van der Waals surface area contributed by atoms with Crippen LogP contribution in [-0.2, 0) is 23.9 Å². The van der Waals surface area contributed by atoms with Crippen molar-refractivity contribution in [1.82, 2.24) is 0 Å². The Bertz CT molecular complexity index is 663. The molecule has 1 saturated carbocycles. The van der Waals surface area contributed by atoms with Crippen LogP contribution in [0.25, 0.3) is 0 Å². The zero-order valence-corrected chi connectivity index (χ0v) is 26.8. The van der Waals surface area contributed by atoms with Gasteiger partial charge in [-0.15, -0.1) is 0 Å². The topological polar surface area (TPSA) is 89.9 Å². The number of hydrogen-bond acceptors (Lipinski definition) is 5. The molecule has 3 atom stereocenters. The van der Waals surface area contributed by atoms with Gasteiger partial charge in [0.05, 0.1) is 31.0 Å². The van der Waals surface area contributed by atoms with Gasteiger partial charge in [0.25, 0.3) is 0 Å². The second-order valence-electron chi connectivity index (χ2n) is 12.5. The lowest BCUT2D eigenvalue weighted by molar-refractivity contribution is -0.166. The van der Waals surface area contributed by atoms with Gasteiger partial charge in [-0.05, 0) is 32.1 Å². The van der Waals surface area contributed by atoms with E-state index in [-0.39, 0.29) is 12.4 Å². The molecule has 0 spiro atoms. The maximum absolute atomic E-state index is 12.9. The molecule has 1 fully saturated rings. The lowest BCUT2D eigenvalue weighted by Crippen LogP contribution is -2.39. The summed E-state index contributed by atoms with van der Waals surface area (Å²) >= 11 is 0. The van der Waals surface area contributed by atoms with Crippen molar-refractivity contribution < 1.29 is 29.0 Å². The maximum atomic E-state index is 12.9. The highest BCUT2D eigenvalue weighted by Crippen LogP contribution is 2.36. The average molecular weight is 581 g/mol. The normalized spacial score (nSPS) is 18.7. The first kappa shape index (κ1) is 37.4. The Morgan fingerprint density at radius 1 is 0.512 bits per heavy atom. The molecule has 41 heavy (non-hydrogen) atoms. The van der Waals surface area contributed by atoms with Gasteiger partial charge < -0.3 is 14.6 Å². The van der Waals surface area contributed by atoms with Crippen LogP contribution in [0.1, 0.15) is 174 Å². The van der Waals surface area contributed by atoms with E-state index in [2.05, 4.69) is 13.8 Å². The number of aliphatic carboxylic acids is 1. The third-order valence-corrected chi connectivity index (χ3v) is 8.79. The average Bonchev–Trinajstić information content (AvgIpc) is 2.97. The van der Waals surface area contributed by atoms with Gasteiger partial charge in [-0.2, -0.15) is 0 Å². The number of rotatable bonds is 27. The van der Waals surface area contributed by atoms with Gasteiger partial charge in [-0.25, -0.2) is 0 Å². The van der Waals surface area contributed by atoms with Crippen LogP contribution < -0.4 is 0 Å². The third kappa shape index (κ3) is 19.3. The molecule has 0 bridgehead atoms. The van der Waals surface area contributed by atoms with Gasteiger partial charge in [0.15, 0.2) is 0 Å². The number of carbonyl (C=O) groups is 3. The Morgan fingerprint density at radius 2 is 0.854 bits per heavy atom. The lowest BCUT2D eigenvalue weighted by atomic mass is 9.74. The summed E-state index contributed by atoms with van der Waals surface area (Å²) in [6.45, 7) is 5.20. The summed E-state index contributed by atoms with van der Waals surface area (Å²) in [7, 11) is 0. The highest BCUT2D eigenvalue weighted by Gasteiger charge is 2.43. The summed E-state index contributed by atoms with van der Waals surface area (Å²) in [6, 6.07) is 0. The summed E-state index contributed by atoms with van der Waals surface area (Å²) in [5, 5.41) is 9.51. The van der Waals surface area contributed by atoms with Gasteiger partial charge >= 0.3 is 17.9 Å². The second-order valence-corrected chi connectivity index (χ2v) is 12.5. The minimum atomic E-state index is -0.902. The Hall–Kier alpha value is -1.59. The van der Waals surface area contributed by atoms with Crippen LogP contribution in [-0.4, -0.2) is 36.2 Å². The molecule has 0 aromatic heterocycles. The van der Waals surface area contributed by atoms with Crippen LogP contribution in [0.4, 0.5) is 0 Å². The van der Waals surface area contributed by atoms with E-state index in [0.717, 1.165) is 38.5 Å². The number of carboxylic acids is 1. The van der Waals surface area contributed by atoms with Crippen LogP contribution in [0.15, 0.2) is 0 Å². The number of esters is 2. The summed E-state index contributed by atoms with van der Waals surface area (Å²) in [4.78, 5) is 37.4. The van der Waals surface area contributed by atoms with Gasteiger partial charge in [0.1, 0.15) is 0 Å². The molecule has 0 radical (unpaired) electrons. The first-order valence-electron chi connectivity index (χ1n) is 17.6. The number of ether oxygens (including phenoxy) is 2. The fourth-order valence-electron chi connectivity index (χ4n) is 6.03. The van der Waals surface area contributed by atoms with Crippen molar-refractivity contribution in [2.45, 2.75) is 174 Å². The van der Waals surface area contributed by atoms with E-state index in [4.69, 9.17) is 9.47 Å². The fourth-order valence-corrected chi connectivity index (χ4v) is 6.03. The van der Waals surface area contributed by atoms with Gasteiger partial charge in [0, 0.05) is 0 Å². The SMILES string of the molecule is CCCCCCCCCCCCCOC(=O)C1CCC(C(=O)O)CC1C(=O)OCCCCCCCCCCCCC. The minimum absolute atomic E-state index is 0.157. The summed E-state index contributed by atoms with van der Waals surface area (Å²) in [5.74, 6) is -3.62. The Labute approximate surface area is 252 Å². The van der Waals surface area contributed by atoms with Crippen molar-refractivity contribution in [3.05, 3.63) is 0 Å². The minimum Gasteiger partial charge on any atom is -0.481 e. The first-order chi connectivity index (χ1) is 20.0. The molecule has 1 aliphatic rings. The summed E-state index contributed by atoms with van der Waals surface area (Å²) < 4.78 is 11.1. The van der Waals surface area contributed by atoms with Crippen LogP contribution in [0.5, 0.6) is 0 Å². The summed E-state index contributed by atoms with van der Waals surface area (Å²) in [5.41, 5.74) is 0. The standard InChI is InChI=1S/C35H64O6/c1-3-5-7-9-11-13-15-17-19-21-23-27-40-34(38)31-26-25-30(33(36)37)29-32(31)35(39)41-28-24-22-20-18-16-14-12-10-8-6-4-2/h30-32H,3-29H2,1-2H3,(H,36,37). The molecule has 240 valence electrons. The zero-order chi connectivity index (χ0) is 30.0. The molecular formula is C35H64O6. The molecule has 1 aliphatic carbocycles. The van der Waals surface area contributed by atoms with Crippen LogP contribution in [0.3, 0.4) is 0 Å². The number of carbonyl (C=O) groups excluding carboxylic acids is 2. The number of carboxylic acid groups (broad SMARTS) is 1. The van der Waals surface area contributed by atoms with E-state index in [9.17, 15) is 19.5 Å². The smallest absolute Gasteiger partial charge is 0.309 e. The molecule has 3 unspecified atom stereocenters. The predicted molar refractivity (Wildman–Crippen MR) is 167 cm³/mol. The number of unbranched alkanes of at least 4 members (excludes halogenated alkanes) is 20. The van der Waals surface area contributed by atoms with E-state index < -0.39 is 29.7 Å². The molecular weight excluding hydrogens is 516 g/mol. The third-order valence-electron chi connectivity index (χ3n) is 8.79. The second kappa shape index (κ2) is 26.1. The molecule has 6 nitrogen and oxygen atoms in total. The van der Waals surface area contributed by atoms with Crippen LogP contribution >= 0.6 is 0 Å². The quantitative estimate of drug-likeness (QED) is 0.0768. The van der Waals surface area contributed by atoms with Crippen molar-refractivity contribution in [2.24, 2.45) is 17.8 Å². The molecule has 6 heteroatoms. The van der Waals surface area contributed by atoms with Crippen LogP contribution in [0.2, 0.25) is 0 Å². The fraction of sp³-hybridized carbons (Fsp3) is 0.914. The predicted octanol–water partition coefficient (Wildman–Crippen LogP) is 9.81. The molecule has 0 saturated heterocycles. The van der Waals surface area contributed by atoms with Crippen molar-refractivity contribution in [1.29, 1.82) is 0 Å². The van der Waals surface area contributed by atoms with Gasteiger partial charge in [-0.1, -0.05) is 142 Å². The largest absolute Gasteiger partial charge is 0.481 e. The first-order valence-corrected chi connectivity index (χ1v) is 17.6. The molecule has 1 rings (SSSR count). The highest BCUT2D eigenvalue weighted by atomic mass is 16.5. The maximum Gasteiger partial charge on any atom is 0.309 e. The van der Waals surface area contributed by atoms with E-state index in [1.54, 1.807) is 0 Å². The van der Waals surface area contributed by atoms with Crippen molar-refractivity contribution in [2.75, 3.05) is 13.2 Å². The molecule has 0 aromatic carbocycles. The monoisotopic (exact) mass is 580 g/mol. The number of hydrogen-bond donors (Lipinski definition) is 1. The Morgan fingerprint density at radius 3 is 1.22 bits per heavy atom. The van der Waals surface area contributed by atoms with E-state index in [0.29, 0.717) is 26.1 Å². The van der Waals surface area contributed by atoms with Crippen molar-refractivity contribution >= 4 is 17.9 Å². The van der Waals surface area contributed by atoms with E-state index in [1.165, 1.54) is 103 Å². The Balaban J connectivity index is 2.23. The molecule has 0 amide bonds. The Kier molecular flexibility index (Phi) is 23.8. The van der Waals surface area contributed by atoms with Crippen molar-refractivity contribution in [3.63, 3.8) is 0 Å². The highest BCUT2D eigenvalue weighted by molar-refractivity contribution is 5.83. The zero-order valence-electron chi connectivity index (χ0n) is 26.8. The van der Waals surface area contributed by atoms with Crippen LogP contribution in [0, 0.1) is 17.8 Å². The molecule has 0 aliphatic heterocycles. The van der Waals surface area contributed by atoms with Gasteiger partial charge in [-0.3, -0.25) is 14.4 Å². The lowest BCUT2D eigenvalue weighted by Gasteiger charge is -2.31. The van der Waals surface area contributed by atoms with E-state index >= 15 is 0 Å². The summed E-state index contributed by atoms with van der Waals surface area (Å²) in [6.07, 6.45) is 27.9. The molecule has 0 aromatic rings. The molecule has 0 heterocycles. The molecule has 1 N–H and O–H groups in total. The van der Waals surface area contributed by atoms with E-state index in [1.807, 2.05) is 0 Å². The van der Waals surface area contributed by atoms with Gasteiger partial charge in [0.2, 0.25) is 0 Å². The van der Waals surface area contributed by atoms with Crippen molar-refractivity contribution in [3.8, 4) is 0 Å².